The normalized spacial score (nSPS) is 15.9. The number of pyridine rings is 1. The molecule has 0 aliphatic rings. The largest absolute Gasteiger partial charge is 0.495 e. The molecule has 1 aromatic heterocycles. The minimum Gasteiger partial charge on any atom is -0.495 e. The SMILES string of the molecule is CCN(CC)C(C)(CC)C(NN)c1ncccc1OC. The van der Waals surface area contributed by atoms with E-state index in [1.54, 1.807) is 13.3 Å². The molecule has 0 amide bonds. The van der Waals surface area contributed by atoms with Crippen molar-refractivity contribution in [3.63, 3.8) is 0 Å². The highest BCUT2D eigenvalue weighted by atomic mass is 16.5. The van der Waals surface area contributed by atoms with E-state index in [-0.39, 0.29) is 11.6 Å². The summed E-state index contributed by atoms with van der Waals surface area (Å²) >= 11 is 0. The molecule has 3 N–H and O–H groups in total. The number of methoxy groups -OCH3 is 1. The van der Waals surface area contributed by atoms with Crippen LogP contribution in [0.15, 0.2) is 18.3 Å². The fourth-order valence-electron chi connectivity index (χ4n) is 2.90. The topological polar surface area (TPSA) is 63.4 Å². The Morgan fingerprint density at radius 2 is 2.05 bits per heavy atom. The average molecular weight is 280 g/mol. The maximum Gasteiger partial charge on any atom is 0.142 e. The van der Waals surface area contributed by atoms with Crippen molar-refractivity contribution in [1.82, 2.24) is 15.3 Å². The number of likely N-dealkylation sites (N-methyl/N-ethyl adjacent to an activating group) is 1. The van der Waals surface area contributed by atoms with Gasteiger partial charge >= 0.3 is 0 Å². The van der Waals surface area contributed by atoms with Gasteiger partial charge in [-0.25, -0.2) is 5.43 Å². The fraction of sp³-hybridized carbons (Fsp3) is 0.667. The van der Waals surface area contributed by atoms with Gasteiger partial charge in [0.1, 0.15) is 11.4 Å². The van der Waals surface area contributed by atoms with E-state index in [1.807, 2.05) is 12.1 Å². The Bertz CT molecular complexity index is 409. The Kier molecular flexibility index (Phi) is 6.39. The van der Waals surface area contributed by atoms with Crippen molar-refractivity contribution in [3.8, 4) is 5.75 Å². The number of ether oxygens (including phenoxy) is 1. The standard InChI is InChI=1S/C15H28N4O/c1-6-15(4,19(7-2)8-3)14(18-16)13-12(20-5)10-9-11-17-13/h9-11,14,18H,6-8,16H2,1-5H3. The van der Waals surface area contributed by atoms with Gasteiger partial charge in [-0.05, 0) is 38.6 Å². The van der Waals surface area contributed by atoms with Crippen molar-refractivity contribution >= 4 is 0 Å². The van der Waals surface area contributed by atoms with Gasteiger partial charge in [-0.3, -0.25) is 15.7 Å². The van der Waals surface area contributed by atoms with E-state index in [0.717, 1.165) is 31.0 Å². The Hall–Kier alpha value is -1.17. The minimum absolute atomic E-state index is 0.0939. The molecule has 20 heavy (non-hydrogen) atoms. The van der Waals surface area contributed by atoms with Gasteiger partial charge in [-0.15, -0.1) is 0 Å². The molecule has 0 aliphatic heterocycles. The number of nitrogens with zero attached hydrogens (tertiary/aromatic N) is 2. The van der Waals surface area contributed by atoms with Crippen LogP contribution in [0.25, 0.3) is 0 Å². The lowest BCUT2D eigenvalue weighted by molar-refractivity contribution is 0.0672. The number of hydrogen-bond acceptors (Lipinski definition) is 5. The van der Waals surface area contributed by atoms with Crippen molar-refractivity contribution in [3.05, 3.63) is 24.0 Å². The Morgan fingerprint density at radius 1 is 1.40 bits per heavy atom. The molecule has 0 saturated carbocycles. The van der Waals surface area contributed by atoms with Crippen LogP contribution in [0.2, 0.25) is 0 Å². The second-order valence-corrected chi connectivity index (χ2v) is 5.07. The van der Waals surface area contributed by atoms with Gasteiger partial charge in [0, 0.05) is 11.7 Å². The number of hydrogen-bond donors (Lipinski definition) is 2. The summed E-state index contributed by atoms with van der Waals surface area (Å²) in [6, 6.07) is 3.70. The first-order valence-corrected chi connectivity index (χ1v) is 7.29. The summed E-state index contributed by atoms with van der Waals surface area (Å²) in [5, 5.41) is 0. The second-order valence-electron chi connectivity index (χ2n) is 5.07. The molecule has 0 aliphatic carbocycles. The Morgan fingerprint density at radius 3 is 2.50 bits per heavy atom. The van der Waals surface area contributed by atoms with Crippen molar-refractivity contribution in [2.45, 2.75) is 45.7 Å². The number of aromatic nitrogens is 1. The molecule has 5 heteroatoms. The van der Waals surface area contributed by atoms with Gasteiger partial charge in [0.2, 0.25) is 0 Å². The predicted octanol–water partition coefficient (Wildman–Crippen LogP) is 2.11. The Labute approximate surface area is 122 Å². The minimum atomic E-state index is -0.125. The first-order chi connectivity index (χ1) is 9.58. The Balaban J connectivity index is 3.27. The van der Waals surface area contributed by atoms with Crippen molar-refractivity contribution in [2.75, 3.05) is 20.2 Å². The van der Waals surface area contributed by atoms with Gasteiger partial charge in [-0.2, -0.15) is 0 Å². The number of nitrogens with one attached hydrogen (secondary N) is 1. The van der Waals surface area contributed by atoms with Crippen LogP contribution < -0.4 is 16.0 Å². The van der Waals surface area contributed by atoms with Crippen molar-refractivity contribution in [1.29, 1.82) is 0 Å². The van der Waals surface area contributed by atoms with Crippen LogP contribution in [0.1, 0.15) is 45.9 Å². The summed E-state index contributed by atoms with van der Waals surface area (Å²) in [5.41, 5.74) is 3.68. The smallest absolute Gasteiger partial charge is 0.142 e. The molecule has 1 aromatic rings. The number of rotatable bonds is 8. The van der Waals surface area contributed by atoms with Crippen LogP contribution in [-0.4, -0.2) is 35.6 Å². The molecule has 0 bridgehead atoms. The maximum absolute atomic E-state index is 5.87. The van der Waals surface area contributed by atoms with Crippen molar-refractivity contribution in [2.24, 2.45) is 5.84 Å². The van der Waals surface area contributed by atoms with Gasteiger partial charge < -0.3 is 4.74 Å². The highest BCUT2D eigenvalue weighted by Gasteiger charge is 2.39. The van der Waals surface area contributed by atoms with Crippen LogP contribution in [0.5, 0.6) is 5.75 Å². The second kappa shape index (κ2) is 7.57. The average Bonchev–Trinajstić information content (AvgIpc) is 2.49. The number of hydrazine groups is 1. The molecule has 114 valence electrons. The van der Waals surface area contributed by atoms with Crippen molar-refractivity contribution < 1.29 is 4.74 Å². The summed E-state index contributed by atoms with van der Waals surface area (Å²) in [4.78, 5) is 6.90. The van der Waals surface area contributed by atoms with Gasteiger partial charge in [0.05, 0.1) is 13.2 Å². The van der Waals surface area contributed by atoms with Crippen LogP contribution in [0.4, 0.5) is 0 Å². The van der Waals surface area contributed by atoms with Gasteiger partial charge in [0.15, 0.2) is 0 Å². The van der Waals surface area contributed by atoms with E-state index >= 15 is 0 Å². The summed E-state index contributed by atoms with van der Waals surface area (Å²) in [5.74, 6) is 6.63. The first kappa shape index (κ1) is 16.9. The highest BCUT2D eigenvalue weighted by molar-refractivity contribution is 5.31. The fourth-order valence-corrected chi connectivity index (χ4v) is 2.90. The zero-order chi connectivity index (χ0) is 15.2. The van der Waals surface area contributed by atoms with Crippen LogP contribution in [0, 0.1) is 0 Å². The lowest BCUT2D eigenvalue weighted by Crippen LogP contribution is -2.56. The third-order valence-corrected chi connectivity index (χ3v) is 4.28. The summed E-state index contributed by atoms with van der Waals surface area (Å²) in [6.07, 6.45) is 2.74. The molecular weight excluding hydrogens is 252 g/mol. The molecule has 0 radical (unpaired) electrons. The van der Waals surface area contributed by atoms with Gasteiger partial charge in [-0.1, -0.05) is 20.8 Å². The summed E-state index contributed by atoms with van der Waals surface area (Å²) in [6.45, 7) is 10.7. The van der Waals surface area contributed by atoms with Crippen LogP contribution >= 0.6 is 0 Å². The predicted molar refractivity (Wildman–Crippen MR) is 82.5 cm³/mol. The molecule has 5 nitrogen and oxygen atoms in total. The molecule has 2 atom stereocenters. The highest BCUT2D eigenvalue weighted by Crippen LogP contribution is 2.36. The molecule has 1 rings (SSSR count). The van der Waals surface area contributed by atoms with E-state index in [1.165, 1.54) is 0 Å². The van der Waals surface area contributed by atoms with E-state index in [2.05, 4.69) is 43.0 Å². The number of nitrogens with two attached hydrogens (primary N) is 1. The summed E-state index contributed by atoms with van der Waals surface area (Å²) in [7, 11) is 1.66. The molecule has 0 saturated heterocycles. The first-order valence-electron chi connectivity index (χ1n) is 7.29. The molecule has 0 aromatic carbocycles. The zero-order valence-corrected chi connectivity index (χ0v) is 13.3. The molecule has 0 fully saturated rings. The molecule has 2 unspecified atom stereocenters. The quantitative estimate of drug-likeness (QED) is 0.564. The van der Waals surface area contributed by atoms with Crippen LogP contribution in [-0.2, 0) is 0 Å². The third-order valence-electron chi connectivity index (χ3n) is 4.28. The van der Waals surface area contributed by atoms with Crippen LogP contribution in [0.3, 0.4) is 0 Å². The monoisotopic (exact) mass is 280 g/mol. The van der Waals surface area contributed by atoms with E-state index in [4.69, 9.17) is 10.6 Å². The molecule has 1 heterocycles. The maximum atomic E-state index is 5.87. The lowest BCUT2D eigenvalue weighted by atomic mass is 9.85. The summed E-state index contributed by atoms with van der Waals surface area (Å²) < 4.78 is 5.44. The molecule has 0 spiro atoms. The lowest BCUT2D eigenvalue weighted by Gasteiger charge is -2.45. The van der Waals surface area contributed by atoms with E-state index in [0.29, 0.717) is 0 Å². The van der Waals surface area contributed by atoms with E-state index < -0.39 is 0 Å². The molecular formula is C15H28N4O. The van der Waals surface area contributed by atoms with E-state index in [9.17, 15) is 0 Å². The third kappa shape index (κ3) is 3.11. The van der Waals surface area contributed by atoms with Gasteiger partial charge in [0.25, 0.3) is 0 Å². The zero-order valence-electron chi connectivity index (χ0n) is 13.3.